The molecule has 3 N–H and O–H groups in total. The Labute approximate surface area is 284 Å². The zero-order chi connectivity index (χ0) is 36.5. The smallest absolute Gasteiger partial charge is 0.491 e. The number of fused-ring (bicyclic) bond motifs is 1. The second kappa shape index (κ2) is 13.9. The first-order chi connectivity index (χ1) is 23.5. The topological polar surface area (TPSA) is 158 Å². The molecule has 4 aromatic rings. The number of methoxy groups -OCH3 is 1. The lowest BCUT2D eigenvalue weighted by Gasteiger charge is -2.33. The molecule has 0 saturated carbocycles. The maximum Gasteiger partial charge on any atom is 0.491 e. The van der Waals surface area contributed by atoms with E-state index in [1.807, 2.05) is 0 Å². The normalized spacial score (nSPS) is 17.1. The van der Waals surface area contributed by atoms with Gasteiger partial charge in [-0.15, -0.1) is 0 Å². The minimum atomic E-state index is -5.49. The van der Waals surface area contributed by atoms with Crippen LogP contribution >= 0.6 is 0 Å². The number of nitrogens with two attached hydrogens (primary N) is 1. The monoisotopic (exact) mass is 716 g/mol. The van der Waals surface area contributed by atoms with Crippen molar-refractivity contribution in [3.63, 3.8) is 0 Å². The zero-order valence-electron chi connectivity index (χ0n) is 26.9. The van der Waals surface area contributed by atoms with E-state index in [1.165, 1.54) is 63.6 Å². The molecule has 3 atom stereocenters. The summed E-state index contributed by atoms with van der Waals surface area (Å²) in [5, 5.41) is 3.45. The molecular formula is C34H32F4N4O7S. The maximum absolute atomic E-state index is 14.7. The summed E-state index contributed by atoms with van der Waals surface area (Å²) in [6, 6.07) is 13.0. The van der Waals surface area contributed by atoms with Crippen molar-refractivity contribution >= 4 is 50.0 Å². The third-order valence-electron chi connectivity index (χ3n) is 8.43. The number of hydrogen-bond acceptors (Lipinski definition) is 10. The van der Waals surface area contributed by atoms with Gasteiger partial charge in [0.15, 0.2) is 21.4 Å². The number of anilines is 2. The van der Waals surface area contributed by atoms with Crippen molar-refractivity contribution < 1.29 is 49.8 Å². The molecule has 3 aromatic carbocycles. The van der Waals surface area contributed by atoms with Crippen LogP contribution in [-0.4, -0.2) is 61.2 Å². The molecule has 1 aliphatic heterocycles. The van der Waals surface area contributed by atoms with Crippen LogP contribution in [0.3, 0.4) is 0 Å². The molecule has 264 valence electrons. The Balaban J connectivity index is 1.64. The third-order valence-corrected chi connectivity index (χ3v) is 10.7. The van der Waals surface area contributed by atoms with Gasteiger partial charge < -0.3 is 25.4 Å². The van der Waals surface area contributed by atoms with Crippen molar-refractivity contribution in [3.05, 3.63) is 89.9 Å². The van der Waals surface area contributed by atoms with Crippen molar-refractivity contribution in [1.29, 1.82) is 0 Å². The lowest BCUT2D eigenvalue weighted by atomic mass is 9.93. The highest BCUT2D eigenvalue weighted by atomic mass is 32.2. The van der Waals surface area contributed by atoms with Crippen LogP contribution in [0.4, 0.5) is 29.1 Å². The number of alkyl halides is 3. The summed E-state index contributed by atoms with van der Waals surface area (Å²) in [7, 11) is -2.84. The minimum absolute atomic E-state index is 0.0578. The second-order valence-electron chi connectivity index (χ2n) is 11.8. The number of halogens is 4. The predicted octanol–water partition coefficient (Wildman–Crippen LogP) is 5.52. The largest absolute Gasteiger partial charge is 0.494 e. The number of hydrogen-bond donors (Lipinski definition) is 2. The molecule has 50 heavy (non-hydrogen) atoms. The number of benzene rings is 3. The highest BCUT2D eigenvalue weighted by molar-refractivity contribution is 7.92. The molecular weight excluding hydrogens is 684 g/mol. The lowest BCUT2D eigenvalue weighted by molar-refractivity contribution is -0.203. The Morgan fingerprint density at radius 3 is 2.44 bits per heavy atom. The summed E-state index contributed by atoms with van der Waals surface area (Å²) in [4.78, 5) is 44.6. The van der Waals surface area contributed by atoms with Crippen LogP contribution in [0.5, 0.6) is 5.75 Å². The van der Waals surface area contributed by atoms with Crippen LogP contribution in [-0.2, 0) is 29.0 Å². The summed E-state index contributed by atoms with van der Waals surface area (Å²) in [5.74, 6) is -7.32. The van der Waals surface area contributed by atoms with Crippen LogP contribution in [0.1, 0.15) is 43.5 Å². The molecule has 1 saturated heterocycles. The molecule has 1 amide bonds. The van der Waals surface area contributed by atoms with Gasteiger partial charge in [0.1, 0.15) is 11.9 Å². The minimum Gasteiger partial charge on any atom is -0.494 e. The van der Waals surface area contributed by atoms with E-state index in [1.54, 1.807) is 24.3 Å². The Kier molecular flexibility index (Phi) is 10.0. The van der Waals surface area contributed by atoms with E-state index in [4.69, 9.17) is 10.5 Å². The van der Waals surface area contributed by atoms with E-state index in [0.29, 0.717) is 16.5 Å². The van der Waals surface area contributed by atoms with Crippen molar-refractivity contribution in [2.75, 3.05) is 24.7 Å². The van der Waals surface area contributed by atoms with Crippen molar-refractivity contribution in [2.24, 2.45) is 5.92 Å². The van der Waals surface area contributed by atoms with E-state index in [2.05, 4.69) is 15.0 Å². The standard InChI is InChI=1S/C34H32F4N4O7S/c1-18(2)50(46,47)27-7-5-4-6-23(27)29-24(32(44)49-33(45)34(36,37)38)13-15-42(29)31(43)28(20-8-11-25(35)26(17-20)48-3)41-21-9-10-22-19(16-21)12-14-40-30(22)39/h4-12,14,16-18,24,28-29,41H,13,15H2,1-3H3,(H2,39,40). The summed E-state index contributed by atoms with van der Waals surface area (Å²) in [6.45, 7) is 2.59. The number of carbonyl (C=O) groups excluding carboxylic acids is 3. The second-order valence-corrected chi connectivity index (χ2v) is 14.3. The molecule has 0 spiro atoms. The fourth-order valence-corrected chi connectivity index (χ4v) is 7.19. The molecule has 1 fully saturated rings. The number of nitrogens with one attached hydrogen (secondary N) is 1. The average molecular weight is 717 g/mol. The number of rotatable bonds is 9. The van der Waals surface area contributed by atoms with E-state index in [9.17, 15) is 40.4 Å². The van der Waals surface area contributed by atoms with Crippen LogP contribution in [0.15, 0.2) is 77.8 Å². The van der Waals surface area contributed by atoms with Crippen molar-refractivity contribution in [3.8, 4) is 5.75 Å². The molecule has 3 unspecified atom stereocenters. The number of sulfone groups is 1. The van der Waals surface area contributed by atoms with Crippen LogP contribution < -0.4 is 15.8 Å². The summed E-state index contributed by atoms with van der Waals surface area (Å²) < 4.78 is 90.2. The van der Waals surface area contributed by atoms with Gasteiger partial charge in [0, 0.05) is 23.8 Å². The highest BCUT2D eigenvalue weighted by Gasteiger charge is 2.49. The first kappa shape index (κ1) is 36.0. The molecule has 1 aromatic heterocycles. The number of likely N-dealkylation sites (tertiary alicyclic amines) is 1. The van der Waals surface area contributed by atoms with Crippen LogP contribution in [0.25, 0.3) is 10.8 Å². The maximum atomic E-state index is 14.7. The molecule has 1 aliphatic rings. The predicted molar refractivity (Wildman–Crippen MR) is 174 cm³/mol. The Morgan fingerprint density at radius 1 is 1.04 bits per heavy atom. The quantitative estimate of drug-likeness (QED) is 0.128. The van der Waals surface area contributed by atoms with Gasteiger partial charge in [0.05, 0.1) is 29.2 Å². The molecule has 5 rings (SSSR count). The van der Waals surface area contributed by atoms with Crippen molar-refractivity contribution in [1.82, 2.24) is 9.88 Å². The Morgan fingerprint density at radius 2 is 1.76 bits per heavy atom. The fraction of sp³-hybridized carbons (Fsp3) is 0.294. The Hall–Kier alpha value is -5.25. The number of nitrogens with zero attached hydrogens (tertiary/aromatic N) is 2. The van der Waals surface area contributed by atoms with Crippen molar-refractivity contribution in [2.45, 2.75) is 48.7 Å². The summed E-state index contributed by atoms with van der Waals surface area (Å²) in [5.41, 5.74) is 6.53. The third kappa shape index (κ3) is 7.06. The summed E-state index contributed by atoms with van der Waals surface area (Å²) >= 11 is 0. The van der Waals surface area contributed by atoms with Gasteiger partial charge in [-0.2, -0.15) is 13.2 Å². The number of nitrogen functional groups attached to an aromatic ring is 1. The van der Waals surface area contributed by atoms with Gasteiger partial charge in [0.25, 0.3) is 0 Å². The number of carbonyl (C=O) groups is 3. The average Bonchev–Trinajstić information content (AvgIpc) is 3.52. The number of amides is 1. The van der Waals surface area contributed by atoms with Gasteiger partial charge in [-0.1, -0.05) is 24.3 Å². The van der Waals surface area contributed by atoms with Gasteiger partial charge >= 0.3 is 18.1 Å². The highest BCUT2D eigenvalue weighted by Crippen LogP contribution is 2.43. The van der Waals surface area contributed by atoms with Crippen LogP contribution in [0.2, 0.25) is 0 Å². The number of aromatic nitrogens is 1. The molecule has 0 bridgehead atoms. The molecule has 2 heterocycles. The van der Waals surface area contributed by atoms with E-state index in [0.717, 1.165) is 11.0 Å². The first-order valence-electron chi connectivity index (χ1n) is 15.2. The molecule has 0 aliphatic carbocycles. The van der Waals surface area contributed by atoms with E-state index < -0.39 is 62.9 Å². The first-order valence-corrected chi connectivity index (χ1v) is 16.8. The van der Waals surface area contributed by atoms with E-state index >= 15 is 0 Å². The SMILES string of the molecule is COc1cc(C(Nc2ccc3c(N)nccc3c2)C(=O)N2CCC(C(=O)OC(=O)C(F)(F)F)C2c2ccccc2S(=O)(=O)C(C)C)ccc1F. The molecule has 16 heteroatoms. The fourth-order valence-electron chi connectivity index (χ4n) is 5.90. The van der Waals surface area contributed by atoms with Gasteiger partial charge in [-0.3, -0.25) is 9.59 Å². The number of ether oxygens (including phenoxy) is 2. The molecule has 11 nitrogen and oxygen atoms in total. The zero-order valence-corrected chi connectivity index (χ0v) is 27.7. The van der Waals surface area contributed by atoms with Gasteiger partial charge in [-0.25, -0.2) is 22.6 Å². The lowest BCUT2D eigenvalue weighted by Crippen LogP contribution is -2.40. The summed E-state index contributed by atoms with van der Waals surface area (Å²) in [6.07, 6.45) is -4.28. The number of pyridine rings is 1. The van der Waals surface area contributed by atoms with E-state index in [-0.39, 0.29) is 40.6 Å². The van der Waals surface area contributed by atoms with Gasteiger partial charge in [-0.05, 0) is 79.2 Å². The van der Waals surface area contributed by atoms with Gasteiger partial charge in [0.2, 0.25) is 5.91 Å². The number of esters is 2. The Bertz CT molecular complexity index is 2070. The van der Waals surface area contributed by atoms with Crippen LogP contribution in [0, 0.1) is 11.7 Å². The molecule has 0 radical (unpaired) electrons.